The van der Waals surface area contributed by atoms with Gasteiger partial charge in [0.2, 0.25) is 0 Å². The van der Waals surface area contributed by atoms with Crippen molar-refractivity contribution in [1.82, 2.24) is 0 Å². The van der Waals surface area contributed by atoms with Gasteiger partial charge in [-0.05, 0) is 19.9 Å². The van der Waals surface area contributed by atoms with Crippen molar-refractivity contribution in [3.63, 3.8) is 0 Å². The molecule has 0 spiro atoms. The summed E-state index contributed by atoms with van der Waals surface area (Å²) in [7, 11) is 0.456. The van der Waals surface area contributed by atoms with Crippen molar-refractivity contribution < 1.29 is 13.3 Å². The maximum absolute atomic E-state index is 5.68. The predicted molar refractivity (Wildman–Crippen MR) is 69.5 cm³/mol. The monoisotopic (exact) mass is 258 g/mol. The van der Waals surface area contributed by atoms with Gasteiger partial charge in [-0.15, -0.1) is 12.6 Å². The molecule has 0 unspecified atom stereocenters. The highest BCUT2D eigenvalue weighted by Crippen LogP contribution is 2.15. The Bertz CT molecular complexity index is 353. The summed E-state index contributed by atoms with van der Waals surface area (Å²) in [6, 6.07) is 5.96. The van der Waals surface area contributed by atoms with Crippen LogP contribution in [0.3, 0.4) is 0 Å². The normalized spacial score (nSPS) is 11.8. The maximum atomic E-state index is 5.68. The minimum atomic E-state index is -2.76. The van der Waals surface area contributed by atoms with Crippen molar-refractivity contribution in [1.29, 1.82) is 0 Å². The van der Waals surface area contributed by atoms with Crippen LogP contribution in [0.15, 0.2) is 23.1 Å². The number of rotatable bonds is 5. The molecule has 0 atom stereocenters. The third kappa shape index (κ3) is 2.67. The van der Waals surface area contributed by atoms with Gasteiger partial charge in [-0.2, -0.15) is 0 Å². The molecule has 0 amide bonds. The van der Waals surface area contributed by atoms with Crippen LogP contribution in [0.5, 0.6) is 0 Å². The van der Waals surface area contributed by atoms with Gasteiger partial charge in [-0.1, -0.05) is 17.7 Å². The van der Waals surface area contributed by atoms with E-state index in [0.717, 1.165) is 15.6 Å². The first kappa shape index (κ1) is 13.7. The van der Waals surface area contributed by atoms with E-state index in [4.69, 9.17) is 13.3 Å². The first-order valence-corrected chi connectivity index (χ1v) is 7.31. The second-order valence-corrected chi connectivity index (χ2v) is 6.66. The van der Waals surface area contributed by atoms with Gasteiger partial charge in [0.05, 0.1) is 0 Å². The summed E-state index contributed by atoms with van der Waals surface area (Å²) in [4.78, 5) is 0.851. The Labute approximate surface area is 104 Å². The fourth-order valence-corrected chi connectivity index (χ4v) is 4.33. The molecule has 0 saturated carbocycles. The van der Waals surface area contributed by atoms with E-state index in [1.54, 1.807) is 14.2 Å². The minimum Gasteiger partial charge on any atom is -0.373 e. The lowest BCUT2D eigenvalue weighted by atomic mass is 10.2. The van der Waals surface area contributed by atoms with E-state index >= 15 is 0 Å². The van der Waals surface area contributed by atoms with Crippen LogP contribution in [0, 0.1) is 6.92 Å². The SMILES string of the molecule is CCO[Si](OC)(OC)c1ccc(C)cc1S. The number of hydrogen-bond donors (Lipinski definition) is 1. The molecule has 1 aromatic rings. The van der Waals surface area contributed by atoms with E-state index in [-0.39, 0.29) is 0 Å². The second-order valence-electron chi connectivity index (χ2n) is 3.42. The van der Waals surface area contributed by atoms with E-state index in [2.05, 4.69) is 12.6 Å². The van der Waals surface area contributed by atoms with Crippen molar-refractivity contribution in [3.05, 3.63) is 23.8 Å². The highest BCUT2D eigenvalue weighted by atomic mass is 32.1. The molecule has 0 aliphatic heterocycles. The molecule has 90 valence electrons. The summed E-state index contributed by atoms with van der Waals surface area (Å²) in [5.74, 6) is 0. The zero-order chi connectivity index (χ0) is 12.2. The third-order valence-electron chi connectivity index (χ3n) is 2.35. The summed E-state index contributed by atoms with van der Waals surface area (Å²) in [5, 5.41) is 0.910. The fourth-order valence-electron chi connectivity index (χ4n) is 1.59. The largest absolute Gasteiger partial charge is 0.537 e. The zero-order valence-electron chi connectivity index (χ0n) is 10.1. The van der Waals surface area contributed by atoms with Crippen LogP contribution >= 0.6 is 12.6 Å². The standard InChI is InChI=1S/C11H18O3SSi/c1-5-14-16(12-3,13-4)11-7-6-9(2)8-10(11)15/h6-8,15H,5H2,1-4H3. The summed E-state index contributed by atoms with van der Waals surface area (Å²) in [5.41, 5.74) is 1.15. The summed E-state index contributed by atoms with van der Waals surface area (Å²) < 4.78 is 16.6. The van der Waals surface area contributed by atoms with Crippen molar-refractivity contribution in [2.45, 2.75) is 18.7 Å². The molecule has 1 aromatic carbocycles. The van der Waals surface area contributed by atoms with Crippen LogP contribution in [-0.2, 0) is 13.3 Å². The van der Waals surface area contributed by atoms with Gasteiger partial charge in [0.15, 0.2) is 0 Å². The number of thiol groups is 1. The molecule has 0 aliphatic rings. The smallest absolute Gasteiger partial charge is 0.373 e. The average Bonchev–Trinajstić information content (AvgIpc) is 2.27. The Morgan fingerprint density at radius 1 is 1.25 bits per heavy atom. The number of hydrogen-bond acceptors (Lipinski definition) is 4. The van der Waals surface area contributed by atoms with Crippen molar-refractivity contribution >= 4 is 26.6 Å². The lowest BCUT2D eigenvalue weighted by Gasteiger charge is -2.27. The highest BCUT2D eigenvalue weighted by Gasteiger charge is 2.42. The van der Waals surface area contributed by atoms with Gasteiger partial charge in [0, 0.05) is 30.9 Å². The summed E-state index contributed by atoms with van der Waals surface area (Å²) >= 11 is 4.46. The Morgan fingerprint density at radius 2 is 1.88 bits per heavy atom. The average molecular weight is 258 g/mol. The van der Waals surface area contributed by atoms with Crippen LogP contribution in [0.25, 0.3) is 0 Å². The van der Waals surface area contributed by atoms with Gasteiger partial charge in [0.1, 0.15) is 0 Å². The summed E-state index contributed by atoms with van der Waals surface area (Å²) in [6.45, 7) is 4.49. The molecule has 1 rings (SSSR count). The van der Waals surface area contributed by atoms with Gasteiger partial charge < -0.3 is 13.3 Å². The quantitative estimate of drug-likeness (QED) is 0.644. The summed E-state index contributed by atoms with van der Waals surface area (Å²) in [6.07, 6.45) is 0. The van der Waals surface area contributed by atoms with E-state index in [0.29, 0.717) is 6.61 Å². The van der Waals surface area contributed by atoms with Crippen LogP contribution in [0.2, 0.25) is 0 Å². The molecule has 3 nitrogen and oxygen atoms in total. The van der Waals surface area contributed by atoms with Gasteiger partial charge >= 0.3 is 8.80 Å². The molecule has 0 heterocycles. The topological polar surface area (TPSA) is 27.7 Å². The van der Waals surface area contributed by atoms with Crippen molar-refractivity contribution in [2.75, 3.05) is 20.8 Å². The molecule has 5 heteroatoms. The van der Waals surface area contributed by atoms with Gasteiger partial charge in [-0.3, -0.25) is 0 Å². The van der Waals surface area contributed by atoms with Crippen molar-refractivity contribution in [2.24, 2.45) is 0 Å². The molecule has 0 radical (unpaired) electrons. The lowest BCUT2D eigenvalue weighted by Crippen LogP contribution is -2.56. The molecule has 0 saturated heterocycles. The Kier molecular flexibility index (Phi) is 5.01. The van der Waals surface area contributed by atoms with Gasteiger partial charge in [-0.25, -0.2) is 0 Å². The van der Waals surface area contributed by atoms with E-state index in [9.17, 15) is 0 Å². The van der Waals surface area contributed by atoms with E-state index in [1.165, 1.54) is 0 Å². The molecule has 0 fully saturated rings. The van der Waals surface area contributed by atoms with Crippen molar-refractivity contribution in [3.8, 4) is 0 Å². The highest BCUT2D eigenvalue weighted by molar-refractivity contribution is 7.80. The molecule has 0 aromatic heterocycles. The number of aryl methyl sites for hydroxylation is 1. The number of benzene rings is 1. The molecule has 0 aliphatic carbocycles. The first-order valence-electron chi connectivity index (χ1n) is 5.14. The zero-order valence-corrected chi connectivity index (χ0v) is 12.0. The third-order valence-corrected chi connectivity index (χ3v) is 5.77. The van der Waals surface area contributed by atoms with E-state index in [1.807, 2.05) is 32.0 Å². The van der Waals surface area contributed by atoms with Crippen LogP contribution in [0.1, 0.15) is 12.5 Å². The van der Waals surface area contributed by atoms with E-state index < -0.39 is 8.80 Å². The lowest BCUT2D eigenvalue weighted by molar-refractivity contribution is 0.119. The second kappa shape index (κ2) is 5.84. The van der Waals surface area contributed by atoms with Crippen LogP contribution < -0.4 is 5.19 Å². The Morgan fingerprint density at radius 3 is 2.31 bits per heavy atom. The molecular formula is C11H18O3SSi. The molecule has 16 heavy (non-hydrogen) atoms. The van der Waals surface area contributed by atoms with Crippen LogP contribution in [0.4, 0.5) is 0 Å². The Hall–Kier alpha value is -0.333. The molecule has 0 bridgehead atoms. The Balaban J connectivity index is 3.19. The first-order chi connectivity index (χ1) is 7.59. The van der Waals surface area contributed by atoms with Gasteiger partial charge in [0.25, 0.3) is 0 Å². The predicted octanol–water partition coefficient (Wildman–Crippen LogP) is 1.76. The minimum absolute atomic E-state index is 0.551. The fraction of sp³-hybridized carbons (Fsp3) is 0.455. The molecular weight excluding hydrogens is 240 g/mol. The molecule has 0 N–H and O–H groups in total. The van der Waals surface area contributed by atoms with Crippen LogP contribution in [-0.4, -0.2) is 29.6 Å². The maximum Gasteiger partial charge on any atom is 0.537 e.